The fourth-order valence-corrected chi connectivity index (χ4v) is 2.17. The molecule has 0 aromatic heterocycles. The molecule has 0 aliphatic carbocycles. The number of carboxylic acids is 1. The first-order chi connectivity index (χ1) is 7.27. The zero-order chi connectivity index (χ0) is 13.5. The molecule has 0 saturated carbocycles. The number of rotatable bonds is 3. The summed E-state index contributed by atoms with van der Waals surface area (Å²) in [6, 6.07) is 1.07. The van der Waals surface area contributed by atoms with E-state index in [2.05, 4.69) is 0 Å². The number of halogens is 6. The molecule has 0 unspecified atom stereocenters. The molecule has 0 bridgehead atoms. The van der Waals surface area contributed by atoms with E-state index in [1.165, 1.54) is 0 Å². The Morgan fingerprint density at radius 3 is 2.12 bits per heavy atom. The van der Waals surface area contributed by atoms with Gasteiger partial charge in [0.2, 0.25) is 0 Å². The average Bonchev–Trinajstić information content (AvgIpc) is 1.96. The van der Waals surface area contributed by atoms with Crippen LogP contribution in [0, 0.1) is 0 Å². The maximum atomic E-state index is 12.4. The number of hydrogen-bond acceptors (Lipinski definition) is 1. The number of carbonyl (C=O) groups is 1. The summed E-state index contributed by atoms with van der Waals surface area (Å²) in [4.78, 5) is 8.11. The van der Waals surface area contributed by atoms with E-state index in [0.29, 0.717) is 0 Å². The van der Waals surface area contributed by atoms with Crippen LogP contribution in [0.5, 0.6) is 0 Å². The Morgan fingerprint density at radius 1 is 1.18 bits per heavy atom. The molecule has 2 nitrogen and oxygen atoms in total. The molecule has 1 aromatic rings. The lowest BCUT2D eigenvalue weighted by Gasteiger charge is -2.40. The van der Waals surface area contributed by atoms with E-state index in [0.717, 1.165) is 6.07 Å². The minimum Gasteiger partial charge on any atom is -0.481 e. The first-order valence-corrected chi connectivity index (χ1v) is 6.36. The van der Waals surface area contributed by atoms with Crippen molar-refractivity contribution in [1.29, 1.82) is 0 Å². The number of aliphatic carboxylic acids is 1. The summed E-state index contributed by atoms with van der Waals surface area (Å²) < 4.78 is 62.2. The highest BCUT2D eigenvalue weighted by Gasteiger charge is 2.65. The van der Waals surface area contributed by atoms with Gasteiger partial charge < -0.3 is 5.11 Å². The summed E-state index contributed by atoms with van der Waals surface area (Å²) in [6.07, 6.45) is -0.818. The molecule has 17 heavy (non-hydrogen) atoms. The molecular formula is C8H6ClF5O2S. The highest BCUT2D eigenvalue weighted by molar-refractivity contribution is 8.45. The van der Waals surface area contributed by atoms with Gasteiger partial charge in [0.15, 0.2) is 0 Å². The summed E-state index contributed by atoms with van der Waals surface area (Å²) in [5.41, 5.74) is -0.437. The van der Waals surface area contributed by atoms with Gasteiger partial charge in [-0.05, 0) is 23.8 Å². The number of benzene rings is 1. The molecule has 98 valence electrons. The van der Waals surface area contributed by atoms with Crippen LogP contribution in [0.4, 0.5) is 19.4 Å². The van der Waals surface area contributed by atoms with Gasteiger partial charge in [-0.2, -0.15) is 0 Å². The van der Waals surface area contributed by atoms with Gasteiger partial charge in [0.1, 0.15) is 4.90 Å². The van der Waals surface area contributed by atoms with Crippen LogP contribution in [0.2, 0.25) is 5.02 Å². The third-order valence-corrected chi connectivity index (χ3v) is 3.08. The third-order valence-electron chi connectivity index (χ3n) is 1.73. The summed E-state index contributed by atoms with van der Waals surface area (Å²) in [6.45, 7) is 0. The Morgan fingerprint density at radius 2 is 1.71 bits per heavy atom. The minimum atomic E-state index is -9.83. The van der Waals surface area contributed by atoms with Crippen molar-refractivity contribution >= 4 is 27.8 Å². The molecule has 0 atom stereocenters. The van der Waals surface area contributed by atoms with Crippen molar-refractivity contribution in [2.45, 2.75) is 11.3 Å². The molecule has 0 radical (unpaired) electrons. The minimum absolute atomic E-state index is 0.0778. The monoisotopic (exact) mass is 296 g/mol. The van der Waals surface area contributed by atoms with Crippen molar-refractivity contribution in [1.82, 2.24) is 0 Å². The van der Waals surface area contributed by atoms with Gasteiger partial charge in [0, 0.05) is 5.02 Å². The van der Waals surface area contributed by atoms with Crippen molar-refractivity contribution in [3.63, 3.8) is 0 Å². The molecule has 0 saturated heterocycles. The smallest absolute Gasteiger partial charge is 0.310 e. The Labute approximate surface area is 97.7 Å². The fraction of sp³-hybridized carbons (Fsp3) is 0.125. The first-order valence-electron chi connectivity index (χ1n) is 4.03. The summed E-state index contributed by atoms with van der Waals surface area (Å²) >= 11 is 5.26. The highest BCUT2D eigenvalue weighted by atomic mass is 35.5. The first kappa shape index (κ1) is 14.0. The van der Waals surface area contributed by atoms with Crippen LogP contribution >= 0.6 is 21.8 Å². The van der Waals surface area contributed by atoms with E-state index >= 15 is 0 Å². The van der Waals surface area contributed by atoms with Crippen molar-refractivity contribution in [3.05, 3.63) is 28.8 Å². The normalized spacial score (nSPS) is 16.1. The number of hydrogen-bond donors (Lipinski definition) is 1. The molecule has 1 aromatic carbocycles. The standard InChI is InChI=1S/C8H6ClF5O2S/c9-6-1-5(3-8(15)16)2-7(4-6)17(10,11,12,13)14/h1-2,4H,3H2,(H,15,16). The fourth-order valence-electron chi connectivity index (χ4n) is 1.12. The lowest BCUT2D eigenvalue weighted by Crippen LogP contribution is -2.08. The lowest BCUT2D eigenvalue weighted by atomic mass is 10.1. The summed E-state index contributed by atoms with van der Waals surface area (Å²) in [7, 11) is -9.83. The zero-order valence-electron chi connectivity index (χ0n) is 7.97. The van der Waals surface area contributed by atoms with E-state index in [1.54, 1.807) is 0 Å². The quantitative estimate of drug-likeness (QED) is 0.826. The van der Waals surface area contributed by atoms with Gasteiger partial charge in [-0.15, -0.1) is 0 Å². The van der Waals surface area contributed by atoms with Crippen LogP contribution in [-0.2, 0) is 11.2 Å². The van der Waals surface area contributed by atoms with Crippen LogP contribution in [0.1, 0.15) is 5.56 Å². The third kappa shape index (κ3) is 4.04. The molecule has 9 heteroatoms. The molecule has 0 heterocycles. The number of carboxylic acid groups (broad SMARTS) is 1. The predicted octanol–water partition coefficient (Wildman–Crippen LogP) is 4.62. The van der Waals surface area contributed by atoms with E-state index in [1.807, 2.05) is 0 Å². The van der Waals surface area contributed by atoms with Crippen LogP contribution in [0.15, 0.2) is 23.1 Å². The molecule has 0 aliphatic rings. The molecule has 1 rings (SSSR count). The summed E-state index contributed by atoms with van der Waals surface area (Å²) in [5.74, 6) is -1.44. The van der Waals surface area contributed by atoms with Gasteiger partial charge in [0.25, 0.3) is 0 Å². The Kier molecular flexibility index (Phi) is 2.69. The average molecular weight is 297 g/mol. The zero-order valence-corrected chi connectivity index (χ0v) is 9.54. The van der Waals surface area contributed by atoms with Gasteiger partial charge >= 0.3 is 16.2 Å². The van der Waals surface area contributed by atoms with E-state index in [-0.39, 0.29) is 12.1 Å². The molecule has 1 N–H and O–H groups in total. The lowest BCUT2D eigenvalue weighted by molar-refractivity contribution is -0.136. The van der Waals surface area contributed by atoms with Crippen molar-refractivity contribution in [3.8, 4) is 0 Å². The highest BCUT2D eigenvalue weighted by Crippen LogP contribution is 3.02. The second-order valence-corrected chi connectivity index (χ2v) is 6.18. The van der Waals surface area contributed by atoms with Crippen LogP contribution < -0.4 is 0 Å². The van der Waals surface area contributed by atoms with Crippen LogP contribution in [-0.4, -0.2) is 11.1 Å². The predicted molar refractivity (Wildman–Crippen MR) is 54.2 cm³/mol. The van der Waals surface area contributed by atoms with E-state index in [4.69, 9.17) is 16.7 Å². The van der Waals surface area contributed by atoms with Crippen molar-refractivity contribution < 1.29 is 29.3 Å². The molecule has 0 fully saturated rings. The molecule has 0 aliphatic heterocycles. The van der Waals surface area contributed by atoms with Crippen molar-refractivity contribution in [2.75, 3.05) is 0 Å². The molecule has 0 amide bonds. The molecular weight excluding hydrogens is 291 g/mol. The van der Waals surface area contributed by atoms with Crippen molar-refractivity contribution in [2.24, 2.45) is 0 Å². The van der Waals surface area contributed by atoms with Gasteiger partial charge in [0.05, 0.1) is 6.42 Å². The largest absolute Gasteiger partial charge is 0.481 e. The topological polar surface area (TPSA) is 37.3 Å². The van der Waals surface area contributed by atoms with Gasteiger partial charge in [-0.3, -0.25) is 4.79 Å². The summed E-state index contributed by atoms with van der Waals surface area (Å²) in [5, 5.41) is 7.79. The molecule has 0 spiro atoms. The Balaban J connectivity index is 3.39. The van der Waals surface area contributed by atoms with E-state index < -0.39 is 38.1 Å². The van der Waals surface area contributed by atoms with Crippen LogP contribution in [0.3, 0.4) is 0 Å². The van der Waals surface area contributed by atoms with Gasteiger partial charge in [-0.25, -0.2) is 0 Å². The maximum Gasteiger partial charge on any atom is 0.310 e. The van der Waals surface area contributed by atoms with E-state index in [9.17, 15) is 24.2 Å². The van der Waals surface area contributed by atoms with Crippen LogP contribution in [0.25, 0.3) is 0 Å². The Bertz CT molecular complexity index is 484. The van der Waals surface area contributed by atoms with Gasteiger partial charge in [-0.1, -0.05) is 31.0 Å². The second-order valence-electron chi connectivity index (χ2n) is 3.33. The Hall–Kier alpha value is -1.02. The SMILES string of the molecule is O=C(O)Cc1cc(Cl)cc(S(F)(F)(F)(F)F)c1. The maximum absolute atomic E-state index is 12.4. The second kappa shape index (κ2) is 3.26.